The number of aromatic amines is 1. The van der Waals surface area contributed by atoms with Crippen LogP contribution in [0.4, 0.5) is 4.39 Å². The zero-order valence-corrected chi connectivity index (χ0v) is 19.5. The fourth-order valence-corrected chi connectivity index (χ4v) is 4.08. The number of fused-ring (bicyclic) bond motifs is 1. The quantitative estimate of drug-likeness (QED) is 0.192. The lowest BCUT2D eigenvalue weighted by molar-refractivity contribution is 0.477. The van der Waals surface area contributed by atoms with Crippen molar-refractivity contribution in [1.29, 1.82) is 0 Å². The van der Waals surface area contributed by atoms with E-state index in [1.807, 2.05) is 18.5 Å². The third-order valence-corrected chi connectivity index (χ3v) is 5.70. The SMILES string of the molecule is CN=C(NCCCc1nnc(SC)n1CC(C)C)NCCc1c[nH]c2cc(F)ccc12. The second kappa shape index (κ2) is 11.2. The number of guanidine groups is 1. The van der Waals surface area contributed by atoms with Crippen LogP contribution in [0.3, 0.4) is 0 Å². The van der Waals surface area contributed by atoms with Gasteiger partial charge in [-0.15, -0.1) is 10.2 Å². The van der Waals surface area contributed by atoms with E-state index >= 15 is 0 Å². The molecule has 0 radical (unpaired) electrons. The van der Waals surface area contributed by atoms with Gasteiger partial charge in [-0.3, -0.25) is 4.99 Å². The Morgan fingerprint density at radius 3 is 2.77 bits per heavy atom. The molecule has 9 heteroatoms. The van der Waals surface area contributed by atoms with Gasteiger partial charge in [-0.25, -0.2) is 4.39 Å². The number of hydrogen-bond acceptors (Lipinski definition) is 4. The van der Waals surface area contributed by atoms with E-state index in [4.69, 9.17) is 0 Å². The first kappa shape index (κ1) is 23.1. The number of hydrogen-bond donors (Lipinski definition) is 3. The van der Waals surface area contributed by atoms with Crippen molar-refractivity contribution in [3.8, 4) is 0 Å². The molecule has 168 valence electrons. The lowest BCUT2D eigenvalue weighted by atomic mass is 10.1. The Balaban J connectivity index is 1.43. The average molecular weight is 446 g/mol. The maximum atomic E-state index is 13.3. The van der Waals surface area contributed by atoms with Crippen LogP contribution in [-0.2, 0) is 19.4 Å². The second-order valence-electron chi connectivity index (χ2n) is 7.89. The molecule has 0 aliphatic heterocycles. The average Bonchev–Trinajstić information content (AvgIpc) is 3.32. The van der Waals surface area contributed by atoms with Crippen molar-refractivity contribution in [3.05, 3.63) is 41.6 Å². The number of benzene rings is 1. The first-order valence-electron chi connectivity index (χ1n) is 10.7. The van der Waals surface area contributed by atoms with Gasteiger partial charge in [0.1, 0.15) is 11.6 Å². The van der Waals surface area contributed by atoms with E-state index in [1.54, 1.807) is 18.8 Å². The van der Waals surface area contributed by atoms with Crippen LogP contribution in [0.25, 0.3) is 10.9 Å². The summed E-state index contributed by atoms with van der Waals surface area (Å²) in [5, 5.41) is 17.4. The number of H-pyrrole nitrogens is 1. The molecule has 2 heterocycles. The van der Waals surface area contributed by atoms with Crippen molar-refractivity contribution in [2.45, 2.75) is 44.8 Å². The molecule has 0 saturated carbocycles. The third-order valence-electron chi connectivity index (χ3n) is 5.03. The minimum absolute atomic E-state index is 0.226. The van der Waals surface area contributed by atoms with Crippen LogP contribution in [0.15, 0.2) is 34.5 Å². The summed E-state index contributed by atoms with van der Waals surface area (Å²) in [4.78, 5) is 7.43. The second-order valence-corrected chi connectivity index (χ2v) is 8.66. The Bertz CT molecular complexity index is 1010. The summed E-state index contributed by atoms with van der Waals surface area (Å²) in [6.07, 6.45) is 6.62. The lowest BCUT2D eigenvalue weighted by Crippen LogP contribution is -2.38. The van der Waals surface area contributed by atoms with Gasteiger partial charge >= 0.3 is 0 Å². The predicted molar refractivity (Wildman–Crippen MR) is 126 cm³/mol. The molecule has 31 heavy (non-hydrogen) atoms. The largest absolute Gasteiger partial charge is 0.361 e. The molecular weight excluding hydrogens is 413 g/mol. The molecule has 7 nitrogen and oxygen atoms in total. The molecule has 0 fully saturated rings. The van der Waals surface area contributed by atoms with Gasteiger partial charge in [0.25, 0.3) is 0 Å². The van der Waals surface area contributed by atoms with Crippen LogP contribution in [-0.4, -0.2) is 52.1 Å². The predicted octanol–water partition coefficient (Wildman–Crippen LogP) is 3.62. The topological polar surface area (TPSA) is 82.9 Å². The number of nitrogens with zero attached hydrogens (tertiary/aromatic N) is 4. The Morgan fingerprint density at radius 2 is 2.03 bits per heavy atom. The molecule has 0 aliphatic rings. The van der Waals surface area contributed by atoms with E-state index in [-0.39, 0.29) is 5.82 Å². The van der Waals surface area contributed by atoms with E-state index in [2.05, 4.69) is 49.2 Å². The summed E-state index contributed by atoms with van der Waals surface area (Å²) in [5.41, 5.74) is 1.99. The van der Waals surface area contributed by atoms with Crippen LogP contribution in [0.2, 0.25) is 0 Å². The summed E-state index contributed by atoms with van der Waals surface area (Å²) in [5.74, 6) is 2.15. The van der Waals surface area contributed by atoms with Gasteiger partial charge in [-0.1, -0.05) is 25.6 Å². The molecule has 0 saturated heterocycles. The van der Waals surface area contributed by atoms with Gasteiger partial charge in [0.05, 0.1) is 0 Å². The molecule has 0 atom stereocenters. The lowest BCUT2D eigenvalue weighted by Gasteiger charge is -2.13. The van der Waals surface area contributed by atoms with E-state index in [1.165, 1.54) is 12.1 Å². The molecule has 0 amide bonds. The number of aromatic nitrogens is 4. The summed E-state index contributed by atoms with van der Waals surface area (Å²) in [6.45, 7) is 6.90. The molecule has 0 aliphatic carbocycles. The summed E-state index contributed by atoms with van der Waals surface area (Å²) >= 11 is 1.64. The minimum atomic E-state index is -0.226. The van der Waals surface area contributed by atoms with Gasteiger partial charge < -0.3 is 20.2 Å². The third kappa shape index (κ3) is 6.22. The van der Waals surface area contributed by atoms with Crippen molar-refractivity contribution in [3.63, 3.8) is 0 Å². The fourth-order valence-electron chi connectivity index (χ4n) is 3.56. The number of thioether (sulfide) groups is 1. The zero-order chi connectivity index (χ0) is 22.2. The van der Waals surface area contributed by atoms with E-state index < -0.39 is 0 Å². The van der Waals surface area contributed by atoms with Crippen molar-refractivity contribution < 1.29 is 4.39 Å². The Kier molecular flexibility index (Phi) is 8.34. The Labute approximate surface area is 187 Å². The van der Waals surface area contributed by atoms with Gasteiger partial charge in [-0.2, -0.15) is 0 Å². The molecule has 0 spiro atoms. The minimum Gasteiger partial charge on any atom is -0.361 e. The molecular formula is C22H32FN7S. The van der Waals surface area contributed by atoms with Crippen LogP contribution in [0.5, 0.6) is 0 Å². The molecule has 1 aromatic carbocycles. The standard InChI is InChI=1S/C22H32FN7S/c1-15(2)14-30-20(28-29-22(30)31-4)6-5-10-25-21(24-3)26-11-9-16-13-27-19-12-17(23)7-8-18(16)19/h7-8,12-13,15,27H,5-6,9-11,14H2,1-4H3,(H2,24,25,26). The van der Waals surface area contributed by atoms with Crippen molar-refractivity contribution in [1.82, 2.24) is 30.4 Å². The molecule has 3 aromatic rings. The molecule has 2 aromatic heterocycles. The normalized spacial score (nSPS) is 12.1. The smallest absolute Gasteiger partial charge is 0.190 e. The monoisotopic (exact) mass is 445 g/mol. The Morgan fingerprint density at radius 1 is 1.23 bits per heavy atom. The first-order chi connectivity index (χ1) is 15.0. The van der Waals surface area contributed by atoms with Crippen molar-refractivity contribution in [2.24, 2.45) is 10.9 Å². The molecule has 0 bridgehead atoms. The van der Waals surface area contributed by atoms with Crippen LogP contribution < -0.4 is 10.6 Å². The molecule has 3 rings (SSSR count). The van der Waals surface area contributed by atoms with Gasteiger partial charge in [0, 0.05) is 50.2 Å². The van der Waals surface area contributed by atoms with E-state index in [9.17, 15) is 4.39 Å². The highest BCUT2D eigenvalue weighted by atomic mass is 32.2. The van der Waals surface area contributed by atoms with Crippen LogP contribution >= 0.6 is 11.8 Å². The number of nitrogens with one attached hydrogen (secondary N) is 3. The summed E-state index contributed by atoms with van der Waals surface area (Å²) in [7, 11) is 1.77. The maximum absolute atomic E-state index is 13.3. The van der Waals surface area contributed by atoms with E-state index in [0.29, 0.717) is 5.92 Å². The van der Waals surface area contributed by atoms with Gasteiger partial charge in [0.2, 0.25) is 0 Å². The van der Waals surface area contributed by atoms with Crippen LogP contribution in [0, 0.1) is 11.7 Å². The number of aliphatic imine (C=N–C) groups is 1. The highest BCUT2D eigenvalue weighted by Crippen LogP contribution is 2.19. The number of aryl methyl sites for hydroxylation is 1. The Hall–Kier alpha value is -2.55. The highest BCUT2D eigenvalue weighted by Gasteiger charge is 2.12. The summed E-state index contributed by atoms with van der Waals surface area (Å²) in [6, 6.07) is 4.85. The van der Waals surface area contributed by atoms with Crippen LogP contribution in [0.1, 0.15) is 31.7 Å². The van der Waals surface area contributed by atoms with Crippen molar-refractivity contribution in [2.75, 3.05) is 26.4 Å². The maximum Gasteiger partial charge on any atom is 0.190 e. The first-order valence-corrected chi connectivity index (χ1v) is 11.9. The zero-order valence-electron chi connectivity index (χ0n) is 18.7. The fraction of sp³-hybridized carbons (Fsp3) is 0.500. The molecule has 3 N–H and O–H groups in total. The number of halogens is 1. The summed E-state index contributed by atoms with van der Waals surface area (Å²) < 4.78 is 15.6. The van der Waals surface area contributed by atoms with Gasteiger partial charge in [0.15, 0.2) is 11.1 Å². The highest BCUT2D eigenvalue weighted by molar-refractivity contribution is 7.98. The number of rotatable bonds is 10. The molecule has 0 unspecified atom stereocenters. The van der Waals surface area contributed by atoms with Gasteiger partial charge in [-0.05, 0) is 48.8 Å². The van der Waals surface area contributed by atoms with E-state index in [0.717, 1.165) is 72.3 Å². The van der Waals surface area contributed by atoms with Crippen molar-refractivity contribution >= 4 is 28.6 Å².